The number of para-hydroxylation sites is 1. The third kappa shape index (κ3) is 3.53. The van der Waals surface area contributed by atoms with Crippen molar-refractivity contribution in [3.63, 3.8) is 0 Å². The number of amides is 1. The lowest BCUT2D eigenvalue weighted by Gasteiger charge is -2.09. The highest BCUT2D eigenvalue weighted by Gasteiger charge is 2.21. The molecule has 0 spiro atoms. The minimum Gasteiger partial charge on any atom is -0.338 e. The topological polar surface area (TPSA) is 107 Å². The first-order valence-electron chi connectivity index (χ1n) is 9.81. The Morgan fingerprint density at radius 2 is 2.13 bits per heavy atom. The standard InChI is InChI=1S/C21H18N6OS2/c22-11-14-12-5-2-4-8-16(12)30-20(14)24-17(28)9-10-29-21-25-19-18(26-27-21)13-6-1-3-7-15(13)23-19/h1,3,6-7H,2,4-5,8-10H2,(H,24,28)(H,23,25,27). The fourth-order valence-electron chi connectivity index (χ4n) is 3.76. The van der Waals surface area contributed by atoms with Crippen LogP contribution in [0, 0.1) is 11.3 Å². The molecule has 5 rings (SSSR count). The number of carbonyl (C=O) groups is 1. The van der Waals surface area contributed by atoms with Crippen LogP contribution in [0.15, 0.2) is 29.4 Å². The third-order valence-electron chi connectivity index (χ3n) is 5.20. The highest BCUT2D eigenvalue weighted by molar-refractivity contribution is 7.99. The number of aryl methyl sites for hydroxylation is 1. The number of nitriles is 1. The molecular weight excluding hydrogens is 416 g/mol. The SMILES string of the molecule is N#Cc1c(NC(=O)CCSc2nnc3c(n2)[nH]c2ccccc23)sc2c1CCCC2. The molecule has 3 heterocycles. The number of fused-ring (bicyclic) bond motifs is 4. The van der Waals surface area contributed by atoms with Crippen molar-refractivity contribution in [1.82, 2.24) is 20.2 Å². The lowest BCUT2D eigenvalue weighted by atomic mass is 9.96. The number of H-pyrrole nitrogens is 1. The van der Waals surface area contributed by atoms with Gasteiger partial charge in [0.1, 0.15) is 16.6 Å². The highest BCUT2D eigenvalue weighted by Crippen LogP contribution is 2.37. The fourth-order valence-corrected chi connectivity index (χ4v) is 5.74. The normalized spacial score (nSPS) is 13.3. The van der Waals surface area contributed by atoms with Crippen LogP contribution in [0.2, 0.25) is 0 Å². The number of nitrogens with zero attached hydrogens (tertiary/aromatic N) is 4. The Bertz CT molecular complexity index is 1300. The number of benzene rings is 1. The second kappa shape index (κ2) is 8.05. The third-order valence-corrected chi connectivity index (χ3v) is 7.25. The zero-order valence-electron chi connectivity index (χ0n) is 16.1. The maximum absolute atomic E-state index is 12.4. The molecule has 0 unspecified atom stereocenters. The molecule has 30 heavy (non-hydrogen) atoms. The van der Waals surface area contributed by atoms with Crippen molar-refractivity contribution in [2.45, 2.75) is 37.3 Å². The summed E-state index contributed by atoms with van der Waals surface area (Å²) in [4.78, 5) is 21.4. The molecule has 1 amide bonds. The fraction of sp³-hybridized carbons (Fsp3) is 0.286. The molecule has 1 aromatic carbocycles. The molecule has 9 heteroatoms. The summed E-state index contributed by atoms with van der Waals surface area (Å²) >= 11 is 2.94. The zero-order chi connectivity index (χ0) is 20.5. The van der Waals surface area contributed by atoms with Crippen LogP contribution >= 0.6 is 23.1 Å². The minimum absolute atomic E-state index is 0.0998. The number of rotatable bonds is 5. The predicted molar refractivity (Wildman–Crippen MR) is 119 cm³/mol. The van der Waals surface area contributed by atoms with Gasteiger partial charge in [-0.05, 0) is 37.3 Å². The van der Waals surface area contributed by atoms with Crippen LogP contribution in [0.1, 0.15) is 35.3 Å². The van der Waals surface area contributed by atoms with E-state index in [-0.39, 0.29) is 5.91 Å². The number of thiophene rings is 1. The number of carbonyl (C=O) groups excluding carboxylic acids is 1. The van der Waals surface area contributed by atoms with Crippen LogP contribution in [0.25, 0.3) is 22.1 Å². The summed E-state index contributed by atoms with van der Waals surface area (Å²) in [5, 5.41) is 23.2. The number of nitrogens with one attached hydrogen (secondary N) is 2. The van der Waals surface area contributed by atoms with Crippen molar-refractivity contribution < 1.29 is 4.79 Å². The molecule has 0 radical (unpaired) electrons. The summed E-state index contributed by atoms with van der Waals surface area (Å²) < 4.78 is 0. The first-order chi connectivity index (χ1) is 14.7. The van der Waals surface area contributed by atoms with Gasteiger partial charge in [0, 0.05) is 28.0 Å². The smallest absolute Gasteiger partial charge is 0.225 e. The van der Waals surface area contributed by atoms with E-state index in [4.69, 9.17) is 0 Å². The van der Waals surface area contributed by atoms with Gasteiger partial charge in [0.15, 0.2) is 5.65 Å². The van der Waals surface area contributed by atoms with Crippen molar-refractivity contribution in [3.8, 4) is 6.07 Å². The average Bonchev–Trinajstić information content (AvgIpc) is 3.30. The number of aromatic amines is 1. The summed E-state index contributed by atoms with van der Waals surface area (Å²) in [5.41, 5.74) is 4.19. The van der Waals surface area contributed by atoms with Crippen molar-refractivity contribution in [1.29, 1.82) is 5.26 Å². The Morgan fingerprint density at radius 1 is 1.27 bits per heavy atom. The molecule has 1 aliphatic carbocycles. The maximum atomic E-state index is 12.4. The van der Waals surface area contributed by atoms with Gasteiger partial charge in [-0.3, -0.25) is 4.79 Å². The number of thioether (sulfide) groups is 1. The van der Waals surface area contributed by atoms with E-state index in [1.54, 1.807) is 11.3 Å². The van der Waals surface area contributed by atoms with E-state index < -0.39 is 0 Å². The van der Waals surface area contributed by atoms with Crippen LogP contribution in [0.5, 0.6) is 0 Å². The predicted octanol–water partition coefficient (Wildman–Crippen LogP) is 4.44. The molecule has 0 saturated carbocycles. The lowest BCUT2D eigenvalue weighted by Crippen LogP contribution is -2.12. The Hall–Kier alpha value is -2.96. The van der Waals surface area contributed by atoms with Crippen molar-refractivity contribution in [2.24, 2.45) is 0 Å². The first kappa shape index (κ1) is 19.0. The quantitative estimate of drug-likeness (QED) is 0.450. The average molecular weight is 435 g/mol. The van der Waals surface area contributed by atoms with Gasteiger partial charge in [-0.25, -0.2) is 4.98 Å². The molecule has 0 bridgehead atoms. The number of aromatic nitrogens is 4. The van der Waals surface area contributed by atoms with Crippen molar-refractivity contribution in [2.75, 3.05) is 11.1 Å². The van der Waals surface area contributed by atoms with Gasteiger partial charge in [-0.1, -0.05) is 30.0 Å². The van der Waals surface area contributed by atoms with Gasteiger partial charge in [-0.15, -0.1) is 21.5 Å². The second-order valence-corrected chi connectivity index (χ2v) is 9.30. The molecule has 3 aromatic heterocycles. The molecule has 150 valence electrons. The van der Waals surface area contributed by atoms with E-state index in [1.807, 2.05) is 24.3 Å². The van der Waals surface area contributed by atoms with E-state index in [1.165, 1.54) is 16.6 Å². The largest absolute Gasteiger partial charge is 0.338 e. The Balaban J connectivity index is 1.23. The molecule has 0 aliphatic heterocycles. The minimum atomic E-state index is -0.0998. The van der Waals surface area contributed by atoms with E-state index in [0.29, 0.717) is 33.5 Å². The van der Waals surface area contributed by atoms with Crippen molar-refractivity contribution >= 4 is 56.1 Å². The monoisotopic (exact) mass is 434 g/mol. The number of anilines is 1. The summed E-state index contributed by atoms with van der Waals surface area (Å²) in [5.74, 6) is 0.434. The second-order valence-electron chi connectivity index (χ2n) is 7.14. The highest BCUT2D eigenvalue weighted by atomic mass is 32.2. The van der Waals surface area contributed by atoms with Gasteiger partial charge in [0.25, 0.3) is 0 Å². The Labute approximate surface area is 180 Å². The summed E-state index contributed by atoms with van der Waals surface area (Å²) in [7, 11) is 0. The molecular formula is C21H18N6OS2. The molecule has 0 atom stereocenters. The molecule has 7 nitrogen and oxygen atoms in total. The van der Waals surface area contributed by atoms with Crippen molar-refractivity contribution in [3.05, 3.63) is 40.3 Å². The summed E-state index contributed by atoms with van der Waals surface area (Å²) in [6.07, 6.45) is 4.50. The van der Waals surface area contributed by atoms with Crippen LogP contribution in [-0.2, 0) is 17.6 Å². The van der Waals surface area contributed by atoms with Crippen LogP contribution < -0.4 is 5.32 Å². The van der Waals surface area contributed by atoms with E-state index in [9.17, 15) is 10.1 Å². The van der Waals surface area contributed by atoms with Crippen LogP contribution in [-0.4, -0.2) is 31.8 Å². The molecule has 4 aromatic rings. The lowest BCUT2D eigenvalue weighted by molar-refractivity contribution is -0.115. The van der Waals surface area contributed by atoms with E-state index >= 15 is 0 Å². The van der Waals surface area contributed by atoms with Gasteiger partial charge in [0.05, 0.1) is 5.56 Å². The van der Waals surface area contributed by atoms with Gasteiger partial charge in [0.2, 0.25) is 11.1 Å². The molecule has 2 N–H and O–H groups in total. The summed E-state index contributed by atoms with van der Waals surface area (Å²) in [6.45, 7) is 0. The number of hydrogen-bond acceptors (Lipinski definition) is 7. The Kier molecular flexibility index (Phi) is 5.11. The molecule has 0 saturated heterocycles. The molecule has 0 fully saturated rings. The van der Waals surface area contributed by atoms with E-state index in [2.05, 4.69) is 31.6 Å². The van der Waals surface area contributed by atoms with Gasteiger partial charge in [-0.2, -0.15) is 5.26 Å². The summed E-state index contributed by atoms with van der Waals surface area (Å²) in [6, 6.07) is 10.2. The van der Waals surface area contributed by atoms with Crippen LogP contribution in [0.4, 0.5) is 5.00 Å². The van der Waals surface area contributed by atoms with Gasteiger partial charge < -0.3 is 10.3 Å². The maximum Gasteiger partial charge on any atom is 0.225 e. The zero-order valence-corrected chi connectivity index (χ0v) is 17.7. The van der Waals surface area contributed by atoms with Crippen LogP contribution in [0.3, 0.4) is 0 Å². The van der Waals surface area contributed by atoms with E-state index in [0.717, 1.165) is 47.7 Å². The number of hydrogen-bond donors (Lipinski definition) is 2. The van der Waals surface area contributed by atoms with Gasteiger partial charge >= 0.3 is 0 Å². The first-order valence-corrected chi connectivity index (χ1v) is 11.6. The Morgan fingerprint density at radius 3 is 3.03 bits per heavy atom. The molecule has 1 aliphatic rings.